The van der Waals surface area contributed by atoms with Crippen molar-refractivity contribution in [1.29, 1.82) is 0 Å². The summed E-state index contributed by atoms with van der Waals surface area (Å²) >= 11 is 0. The molecule has 13 heavy (non-hydrogen) atoms. The molecular weight excluding hydrogens is 167 g/mol. The van der Waals surface area contributed by atoms with Gasteiger partial charge in [-0.2, -0.15) is 0 Å². The first-order chi connectivity index (χ1) is 6.25. The van der Waals surface area contributed by atoms with Gasteiger partial charge in [0.1, 0.15) is 6.17 Å². The van der Waals surface area contributed by atoms with Crippen molar-refractivity contribution in [1.82, 2.24) is 0 Å². The molecule has 0 unspecified atom stereocenters. The molecule has 0 aromatic heterocycles. The number of halogens is 1. The maximum atomic E-state index is 13.1. The third kappa shape index (κ3) is 1.35. The van der Waals surface area contributed by atoms with Crippen molar-refractivity contribution < 1.29 is 9.50 Å². The summed E-state index contributed by atoms with van der Waals surface area (Å²) < 4.78 is 13.1. The first kappa shape index (κ1) is 8.70. The molecule has 0 saturated heterocycles. The topological polar surface area (TPSA) is 20.2 Å². The molecule has 1 nitrogen and oxygen atoms in total. The van der Waals surface area contributed by atoms with Gasteiger partial charge in [-0.3, -0.25) is 0 Å². The van der Waals surface area contributed by atoms with Crippen LogP contribution in [0.1, 0.15) is 17.0 Å². The van der Waals surface area contributed by atoms with Crippen LogP contribution in [0.3, 0.4) is 0 Å². The second-order valence-electron chi connectivity index (χ2n) is 3.67. The molecule has 0 heterocycles. The molecule has 2 rings (SSSR count). The number of aliphatic hydroxyl groups is 1. The smallest absolute Gasteiger partial charge is 0.113 e. The van der Waals surface area contributed by atoms with E-state index >= 15 is 0 Å². The van der Waals surface area contributed by atoms with Crippen LogP contribution in [-0.2, 0) is 0 Å². The van der Waals surface area contributed by atoms with E-state index in [0.717, 1.165) is 11.1 Å². The van der Waals surface area contributed by atoms with Crippen LogP contribution < -0.4 is 0 Å². The summed E-state index contributed by atoms with van der Waals surface area (Å²) in [4.78, 5) is 0. The van der Waals surface area contributed by atoms with Gasteiger partial charge in [0.15, 0.2) is 0 Å². The average Bonchev–Trinajstić information content (AvgIpc) is 2.77. The molecule has 1 saturated carbocycles. The second kappa shape index (κ2) is 3.11. The highest BCUT2D eigenvalue weighted by molar-refractivity contribution is 5.35. The van der Waals surface area contributed by atoms with E-state index in [4.69, 9.17) is 5.11 Å². The van der Waals surface area contributed by atoms with Gasteiger partial charge in [0.2, 0.25) is 0 Å². The van der Waals surface area contributed by atoms with Crippen LogP contribution in [0.2, 0.25) is 0 Å². The Hall–Kier alpha value is -0.890. The largest absolute Gasteiger partial charge is 0.396 e. The molecule has 0 amide bonds. The minimum Gasteiger partial charge on any atom is -0.396 e. The van der Waals surface area contributed by atoms with E-state index in [1.165, 1.54) is 0 Å². The van der Waals surface area contributed by atoms with E-state index < -0.39 is 6.17 Å². The minimum absolute atomic E-state index is 0.0415. The molecule has 0 aliphatic heterocycles. The Morgan fingerprint density at radius 3 is 2.62 bits per heavy atom. The Balaban J connectivity index is 2.24. The van der Waals surface area contributed by atoms with Crippen molar-refractivity contribution in [2.75, 3.05) is 6.61 Å². The fourth-order valence-electron chi connectivity index (χ4n) is 1.91. The van der Waals surface area contributed by atoms with E-state index in [9.17, 15) is 4.39 Å². The predicted molar refractivity (Wildman–Crippen MR) is 49.4 cm³/mol. The second-order valence-corrected chi connectivity index (χ2v) is 3.67. The fourth-order valence-corrected chi connectivity index (χ4v) is 1.91. The Kier molecular flexibility index (Phi) is 2.08. The third-order valence-corrected chi connectivity index (χ3v) is 2.83. The van der Waals surface area contributed by atoms with Crippen LogP contribution in [0.15, 0.2) is 24.3 Å². The van der Waals surface area contributed by atoms with Crippen LogP contribution in [0.5, 0.6) is 0 Å². The zero-order valence-corrected chi connectivity index (χ0v) is 7.57. The first-order valence-electron chi connectivity index (χ1n) is 4.56. The van der Waals surface area contributed by atoms with Crippen LogP contribution in [0.25, 0.3) is 0 Å². The number of hydrogen-bond acceptors (Lipinski definition) is 1. The number of rotatable bonds is 2. The van der Waals surface area contributed by atoms with Crippen molar-refractivity contribution >= 4 is 0 Å². The molecule has 1 aromatic carbocycles. The lowest BCUT2D eigenvalue weighted by Gasteiger charge is -2.02. The summed E-state index contributed by atoms with van der Waals surface area (Å²) in [5, 5.41) is 8.86. The molecular formula is C11H13FO. The number of hydrogen-bond donors (Lipinski definition) is 1. The summed E-state index contributed by atoms with van der Waals surface area (Å²) in [6.07, 6.45) is -0.842. The van der Waals surface area contributed by atoms with Gasteiger partial charge in [-0.25, -0.2) is 4.39 Å². The van der Waals surface area contributed by atoms with Gasteiger partial charge in [-0.15, -0.1) is 0 Å². The lowest BCUT2D eigenvalue weighted by molar-refractivity contribution is 0.257. The Bertz CT molecular complexity index is 311. The van der Waals surface area contributed by atoms with Crippen molar-refractivity contribution in [2.24, 2.45) is 5.92 Å². The van der Waals surface area contributed by atoms with Gasteiger partial charge in [0.05, 0.1) is 0 Å². The van der Waals surface area contributed by atoms with Crippen molar-refractivity contribution in [3.05, 3.63) is 35.4 Å². The number of aliphatic hydroxyl groups excluding tert-OH is 1. The molecule has 2 heteroatoms. The summed E-state index contributed by atoms with van der Waals surface area (Å²) in [7, 11) is 0. The zero-order chi connectivity index (χ0) is 9.42. The summed E-state index contributed by atoms with van der Waals surface area (Å²) in [6.45, 7) is 1.94. The van der Waals surface area contributed by atoms with Crippen molar-refractivity contribution in [2.45, 2.75) is 19.0 Å². The van der Waals surface area contributed by atoms with Crippen LogP contribution in [-0.4, -0.2) is 17.9 Å². The molecule has 0 radical (unpaired) electrons. The van der Waals surface area contributed by atoms with E-state index in [1.54, 1.807) is 0 Å². The summed E-state index contributed by atoms with van der Waals surface area (Å²) in [6, 6.07) is 7.79. The van der Waals surface area contributed by atoms with Gasteiger partial charge in [0.25, 0.3) is 0 Å². The molecule has 70 valence electrons. The van der Waals surface area contributed by atoms with E-state index in [0.29, 0.717) is 0 Å². The Labute approximate surface area is 77.2 Å². The maximum Gasteiger partial charge on any atom is 0.113 e. The van der Waals surface area contributed by atoms with Crippen molar-refractivity contribution in [3.63, 3.8) is 0 Å². The standard InChI is InChI=1S/C11H13FO/c1-7-4-2-3-5-8(7)10-9(6-13)11(10)12/h2-5,9-11,13H,6H2,1H3/t9-,10-,11+/m1/s1. The quantitative estimate of drug-likeness (QED) is 0.738. The summed E-state index contributed by atoms with van der Waals surface area (Å²) in [5.74, 6) is -0.229. The highest BCUT2D eigenvalue weighted by Crippen LogP contribution is 2.50. The lowest BCUT2D eigenvalue weighted by atomic mass is 10.0. The summed E-state index contributed by atoms with van der Waals surface area (Å²) in [5.41, 5.74) is 2.17. The zero-order valence-electron chi connectivity index (χ0n) is 7.57. The highest BCUT2D eigenvalue weighted by atomic mass is 19.1. The normalized spacial score (nSPS) is 31.8. The average molecular weight is 180 g/mol. The highest BCUT2D eigenvalue weighted by Gasteiger charge is 2.51. The van der Waals surface area contributed by atoms with Crippen LogP contribution >= 0.6 is 0 Å². The van der Waals surface area contributed by atoms with E-state index in [2.05, 4.69) is 0 Å². The monoisotopic (exact) mass is 180 g/mol. The Morgan fingerprint density at radius 2 is 2.08 bits per heavy atom. The van der Waals surface area contributed by atoms with Gasteiger partial charge < -0.3 is 5.11 Å². The molecule has 1 aliphatic rings. The molecule has 1 N–H and O–H groups in total. The molecule has 1 aliphatic carbocycles. The molecule has 0 spiro atoms. The lowest BCUT2D eigenvalue weighted by Crippen LogP contribution is -1.90. The third-order valence-electron chi connectivity index (χ3n) is 2.83. The molecule has 1 aromatic rings. The number of aryl methyl sites for hydroxylation is 1. The van der Waals surface area contributed by atoms with E-state index in [-0.39, 0.29) is 18.4 Å². The van der Waals surface area contributed by atoms with Crippen LogP contribution in [0, 0.1) is 12.8 Å². The van der Waals surface area contributed by atoms with Crippen molar-refractivity contribution in [3.8, 4) is 0 Å². The molecule has 1 fully saturated rings. The SMILES string of the molecule is Cc1ccccc1[C@H]1[C@@H](F)[C@@H]1CO. The van der Waals surface area contributed by atoms with Gasteiger partial charge in [-0.05, 0) is 18.1 Å². The van der Waals surface area contributed by atoms with Crippen LogP contribution in [0.4, 0.5) is 4.39 Å². The molecule has 3 atom stereocenters. The van der Waals surface area contributed by atoms with Gasteiger partial charge in [0, 0.05) is 18.4 Å². The Morgan fingerprint density at radius 1 is 1.38 bits per heavy atom. The van der Waals surface area contributed by atoms with Gasteiger partial charge >= 0.3 is 0 Å². The number of alkyl halides is 1. The first-order valence-corrected chi connectivity index (χ1v) is 4.56. The maximum absolute atomic E-state index is 13.1. The predicted octanol–water partition coefficient (Wildman–Crippen LogP) is 2.04. The van der Waals surface area contributed by atoms with Gasteiger partial charge in [-0.1, -0.05) is 24.3 Å². The number of benzene rings is 1. The fraction of sp³-hybridized carbons (Fsp3) is 0.455. The molecule has 0 bridgehead atoms. The minimum atomic E-state index is -0.842. The van der Waals surface area contributed by atoms with E-state index in [1.807, 2.05) is 31.2 Å².